The zero-order chi connectivity index (χ0) is 9.10. The van der Waals surface area contributed by atoms with Gasteiger partial charge in [-0.2, -0.15) is 0 Å². The maximum Gasteiger partial charge on any atom is 0.248 e. The average molecular weight is 172 g/mol. The quantitative estimate of drug-likeness (QED) is 0.707. The highest BCUT2D eigenvalue weighted by molar-refractivity contribution is 5.52. The van der Waals surface area contributed by atoms with Crippen molar-refractivity contribution in [2.24, 2.45) is 0 Å². The topological polar surface area (TPSA) is 45.8 Å². The van der Waals surface area contributed by atoms with Crippen LogP contribution in [0.4, 0.5) is 0 Å². The third kappa shape index (κ3) is 1.64. The molecule has 1 N–H and O–H groups in total. The minimum atomic E-state index is -0.108. The van der Waals surface area contributed by atoms with Gasteiger partial charge >= 0.3 is 0 Å². The first kappa shape index (κ1) is 7.73. The van der Waals surface area contributed by atoms with Gasteiger partial charge in [0.05, 0.1) is 11.4 Å². The fourth-order valence-corrected chi connectivity index (χ4v) is 1.12. The molecule has 0 fully saturated rings. The Morgan fingerprint density at radius 1 is 1.08 bits per heavy atom. The number of pyridine rings is 2. The molecule has 2 rings (SSSR count). The summed E-state index contributed by atoms with van der Waals surface area (Å²) in [5, 5.41) is 0. The SMILES string of the molecule is O=c1cccc(-c2ccccn2)[nH]1. The number of aromatic amines is 1. The fourth-order valence-electron chi connectivity index (χ4n) is 1.12. The molecule has 2 aromatic rings. The summed E-state index contributed by atoms with van der Waals surface area (Å²) < 4.78 is 0. The van der Waals surface area contributed by atoms with E-state index in [4.69, 9.17) is 0 Å². The second kappa shape index (κ2) is 3.23. The van der Waals surface area contributed by atoms with Crippen LogP contribution >= 0.6 is 0 Å². The minimum Gasteiger partial charge on any atom is -0.321 e. The first-order valence-electron chi connectivity index (χ1n) is 3.97. The lowest BCUT2D eigenvalue weighted by molar-refractivity contribution is 1.20. The standard InChI is InChI=1S/C10H8N2O/c13-10-6-3-5-9(12-10)8-4-1-2-7-11-8/h1-7H,(H,12,13). The highest BCUT2D eigenvalue weighted by Crippen LogP contribution is 2.09. The highest BCUT2D eigenvalue weighted by atomic mass is 16.1. The first-order chi connectivity index (χ1) is 6.36. The molecular weight excluding hydrogens is 164 g/mol. The number of hydrogen-bond acceptors (Lipinski definition) is 2. The summed E-state index contributed by atoms with van der Waals surface area (Å²) in [5.41, 5.74) is 1.41. The van der Waals surface area contributed by atoms with E-state index in [1.54, 1.807) is 12.3 Å². The van der Waals surface area contributed by atoms with Gasteiger partial charge in [0.25, 0.3) is 0 Å². The van der Waals surface area contributed by atoms with E-state index in [-0.39, 0.29) is 5.56 Å². The lowest BCUT2D eigenvalue weighted by atomic mass is 10.2. The van der Waals surface area contributed by atoms with E-state index in [0.29, 0.717) is 0 Å². The van der Waals surface area contributed by atoms with Crippen LogP contribution < -0.4 is 5.56 Å². The Labute approximate surface area is 75.1 Å². The molecule has 2 heterocycles. The van der Waals surface area contributed by atoms with E-state index in [2.05, 4.69) is 9.97 Å². The van der Waals surface area contributed by atoms with Crippen LogP contribution in [-0.4, -0.2) is 9.97 Å². The van der Waals surface area contributed by atoms with Crippen molar-refractivity contribution in [2.45, 2.75) is 0 Å². The van der Waals surface area contributed by atoms with Crippen molar-refractivity contribution < 1.29 is 0 Å². The second-order valence-corrected chi connectivity index (χ2v) is 2.64. The van der Waals surface area contributed by atoms with Gasteiger partial charge in [0.1, 0.15) is 0 Å². The van der Waals surface area contributed by atoms with Gasteiger partial charge in [-0.15, -0.1) is 0 Å². The Balaban J connectivity index is 2.54. The molecule has 0 aliphatic carbocycles. The number of hydrogen-bond donors (Lipinski definition) is 1. The number of aromatic nitrogens is 2. The van der Waals surface area contributed by atoms with E-state index in [1.165, 1.54) is 6.07 Å². The molecule has 3 heteroatoms. The summed E-state index contributed by atoms with van der Waals surface area (Å²) in [6.07, 6.45) is 1.70. The molecule has 0 saturated heterocycles. The summed E-state index contributed by atoms with van der Waals surface area (Å²) in [6.45, 7) is 0. The molecule has 0 aromatic carbocycles. The molecule has 0 aliphatic heterocycles. The van der Waals surface area contributed by atoms with Crippen molar-refractivity contribution in [3.63, 3.8) is 0 Å². The summed E-state index contributed by atoms with van der Waals surface area (Å²) in [6, 6.07) is 10.6. The van der Waals surface area contributed by atoms with Gasteiger partial charge in [0, 0.05) is 12.3 Å². The molecule has 0 spiro atoms. The second-order valence-electron chi connectivity index (χ2n) is 2.64. The summed E-state index contributed by atoms with van der Waals surface area (Å²) in [4.78, 5) is 17.8. The molecule has 0 unspecified atom stereocenters. The number of H-pyrrole nitrogens is 1. The molecule has 3 nitrogen and oxygen atoms in total. The maximum absolute atomic E-state index is 11.0. The Morgan fingerprint density at radius 3 is 2.69 bits per heavy atom. The van der Waals surface area contributed by atoms with Crippen LogP contribution in [0.1, 0.15) is 0 Å². The monoisotopic (exact) mass is 172 g/mol. The molecule has 0 amide bonds. The van der Waals surface area contributed by atoms with Crippen molar-refractivity contribution in [3.8, 4) is 11.4 Å². The van der Waals surface area contributed by atoms with E-state index in [9.17, 15) is 4.79 Å². The van der Waals surface area contributed by atoms with E-state index in [0.717, 1.165) is 11.4 Å². The van der Waals surface area contributed by atoms with Gasteiger partial charge in [0.2, 0.25) is 5.56 Å². The predicted molar refractivity (Wildman–Crippen MR) is 50.3 cm³/mol. The average Bonchev–Trinajstić information content (AvgIpc) is 2.19. The molecule has 2 aromatic heterocycles. The van der Waals surface area contributed by atoms with Gasteiger partial charge < -0.3 is 4.98 Å². The van der Waals surface area contributed by atoms with E-state index >= 15 is 0 Å². The fraction of sp³-hybridized carbons (Fsp3) is 0. The normalized spacial score (nSPS) is 9.85. The number of nitrogens with zero attached hydrogens (tertiary/aromatic N) is 1. The third-order valence-corrected chi connectivity index (χ3v) is 1.71. The van der Waals surface area contributed by atoms with Crippen molar-refractivity contribution in [1.82, 2.24) is 9.97 Å². The van der Waals surface area contributed by atoms with E-state index in [1.807, 2.05) is 24.3 Å². The molecule has 13 heavy (non-hydrogen) atoms. The minimum absolute atomic E-state index is 0.108. The van der Waals surface area contributed by atoms with Gasteiger partial charge in [-0.1, -0.05) is 12.1 Å². The molecule has 0 bridgehead atoms. The van der Waals surface area contributed by atoms with Crippen LogP contribution in [0.5, 0.6) is 0 Å². The predicted octanol–water partition coefficient (Wildman–Crippen LogP) is 1.44. The number of rotatable bonds is 1. The molecule has 0 saturated carbocycles. The molecule has 0 atom stereocenters. The third-order valence-electron chi connectivity index (χ3n) is 1.71. The smallest absolute Gasteiger partial charge is 0.248 e. The van der Waals surface area contributed by atoms with Crippen LogP contribution in [0.25, 0.3) is 11.4 Å². The Bertz CT molecular complexity index is 448. The van der Waals surface area contributed by atoms with Crippen LogP contribution in [0, 0.1) is 0 Å². The molecule has 0 radical (unpaired) electrons. The lowest BCUT2D eigenvalue weighted by Gasteiger charge is -1.97. The lowest BCUT2D eigenvalue weighted by Crippen LogP contribution is -2.03. The van der Waals surface area contributed by atoms with Gasteiger partial charge in [-0.05, 0) is 18.2 Å². The zero-order valence-electron chi connectivity index (χ0n) is 6.90. The first-order valence-corrected chi connectivity index (χ1v) is 3.97. The van der Waals surface area contributed by atoms with Crippen molar-refractivity contribution >= 4 is 0 Å². The van der Waals surface area contributed by atoms with Crippen molar-refractivity contribution in [3.05, 3.63) is 52.9 Å². The number of nitrogens with one attached hydrogen (secondary N) is 1. The van der Waals surface area contributed by atoms with Crippen LogP contribution in [0.2, 0.25) is 0 Å². The zero-order valence-corrected chi connectivity index (χ0v) is 6.90. The molecular formula is C10H8N2O. The summed E-state index contributed by atoms with van der Waals surface area (Å²) in [5.74, 6) is 0. The van der Waals surface area contributed by atoms with Crippen LogP contribution in [0.3, 0.4) is 0 Å². The Morgan fingerprint density at radius 2 is 2.00 bits per heavy atom. The molecule has 0 aliphatic rings. The van der Waals surface area contributed by atoms with Crippen molar-refractivity contribution in [2.75, 3.05) is 0 Å². The highest BCUT2D eigenvalue weighted by Gasteiger charge is 1.96. The van der Waals surface area contributed by atoms with Crippen molar-refractivity contribution in [1.29, 1.82) is 0 Å². The summed E-state index contributed by atoms with van der Waals surface area (Å²) in [7, 11) is 0. The largest absolute Gasteiger partial charge is 0.321 e. The van der Waals surface area contributed by atoms with Gasteiger partial charge in [0.15, 0.2) is 0 Å². The van der Waals surface area contributed by atoms with Crippen LogP contribution in [0.15, 0.2) is 47.4 Å². The van der Waals surface area contributed by atoms with E-state index < -0.39 is 0 Å². The summed E-state index contributed by atoms with van der Waals surface area (Å²) >= 11 is 0. The maximum atomic E-state index is 11.0. The van der Waals surface area contributed by atoms with Gasteiger partial charge in [-0.25, -0.2) is 0 Å². The Hall–Kier alpha value is -1.90. The molecule has 64 valence electrons. The van der Waals surface area contributed by atoms with Crippen LogP contribution in [-0.2, 0) is 0 Å². The van der Waals surface area contributed by atoms with Gasteiger partial charge in [-0.3, -0.25) is 9.78 Å². The Kier molecular flexibility index (Phi) is 1.92.